The second kappa shape index (κ2) is 6.22. The second-order valence-corrected chi connectivity index (χ2v) is 6.55. The summed E-state index contributed by atoms with van der Waals surface area (Å²) in [5.74, 6) is 2.41. The van der Waals surface area contributed by atoms with Crippen molar-refractivity contribution >= 4 is 11.7 Å². The lowest BCUT2D eigenvalue weighted by Gasteiger charge is -2.33. The average molecular weight is 326 g/mol. The molecular weight excluding hydrogens is 304 g/mol. The number of carbonyl (C=O) groups is 1. The summed E-state index contributed by atoms with van der Waals surface area (Å²) in [6, 6.07) is 4.03. The molecule has 1 N–H and O–H groups in total. The molecule has 7 nitrogen and oxygen atoms in total. The van der Waals surface area contributed by atoms with Crippen molar-refractivity contribution in [2.45, 2.75) is 37.6 Å². The summed E-state index contributed by atoms with van der Waals surface area (Å²) >= 11 is 0. The number of nitrogens with one attached hydrogen (secondary N) is 1. The van der Waals surface area contributed by atoms with Crippen molar-refractivity contribution in [3.05, 3.63) is 36.0 Å². The summed E-state index contributed by atoms with van der Waals surface area (Å²) in [4.78, 5) is 23.2. The third-order valence-electron chi connectivity index (χ3n) is 4.76. The fourth-order valence-corrected chi connectivity index (χ4v) is 3.25. The Morgan fingerprint density at radius 2 is 2.17 bits per heavy atom. The highest BCUT2D eigenvalue weighted by Crippen LogP contribution is 2.38. The molecular formula is C17H22N6O. The molecule has 1 aliphatic carbocycles. The molecule has 0 aromatic carbocycles. The number of amides is 1. The zero-order valence-electron chi connectivity index (χ0n) is 13.9. The van der Waals surface area contributed by atoms with E-state index in [-0.39, 0.29) is 11.9 Å². The first-order chi connectivity index (χ1) is 11.7. The van der Waals surface area contributed by atoms with Gasteiger partial charge in [-0.15, -0.1) is 0 Å². The van der Waals surface area contributed by atoms with Gasteiger partial charge in [0.1, 0.15) is 17.3 Å². The van der Waals surface area contributed by atoms with Gasteiger partial charge in [-0.2, -0.15) is 5.10 Å². The Bertz CT molecular complexity index is 738. The van der Waals surface area contributed by atoms with Gasteiger partial charge in [0.2, 0.25) is 0 Å². The number of piperidine rings is 1. The van der Waals surface area contributed by atoms with Gasteiger partial charge in [0.05, 0.1) is 6.04 Å². The number of nitrogens with zero attached hydrogens (tertiary/aromatic N) is 5. The molecule has 4 rings (SSSR count). The molecule has 0 bridgehead atoms. The van der Waals surface area contributed by atoms with E-state index in [1.165, 1.54) is 12.8 Å². The number of anilines is 1. The van der Waals surface area contributed by atoms with Crippen LogP contribution in [0.4, 0.5) is 5.82 Å². The predicted molar refractivity (Wildman–Crippen MR) is 90.1 cm³/mol. The maximum atomic E-state index is 11.7. The van der Waals surface area contributed by atoms with Crippen LogP contribution in [0.5, 0.6) is 0 Å². The highest BCUT2D eigenvalue weighted by Gasteiger charge is 2.28. The van der Waals surface area contributed by atoms with Crippen molar-refractivity contribution in [2.75, 3.05) is 25.0 Å². The van der Waals surface area contributed by atoms with Crippen LogP contribution >= 0.6 is 0 Å². The van der Waals surface area contributed by atoms with E-state index in [2.05, 4.69) is 20.3 Å². The summed E-state index contributed by atoms with van der Waals surface area (Å²) in [5.41, 5.74) is 0.465. The van der Waals surface area contributed by atoms with Crippen molar-refractivity contribution in [1.82, 2.24) is 25.1 Å². The molecule has 126 valence electrons. The minimum Gasteiger partial charge on any atom is -0.354 e. The summed E-state index contributed by atoms with van der Waals surface area (Å²) in [6.45, 7) is 1.86. The van der Waals surface area contributed by atoms with Gasteiger partial charge >= 0.3 is 0 Å². The lowest BCUT2D eigenvalue weighted by Crippen LogP contribution is -2.37. The Morgan fingerprint density at radius 1 is 1.29 bits per heavy atom. The monoisotopic (exact) mass is 326 g/mol. The molecule has 1 saturated heterocycles. The third-order valence-corrected chi connectivity index (χ3v) is 4.76. The Kier molecular flexibility index (Phi) is 3.92. The molecule has 2 aliphatic rings. The Balaban J connectivity index is 1.50. The summed E-state index contributed by atoms with van der Waals surface area (Å²) in [7, 11) is 1.62. The normalized spacial score (nSPS) is 20.9. The standard InChI is InChI=1S/C17H22N6O/c1-18-17(24)14-7-10-23(21-14)13-3-2-9-22(11-13)15-6-8-19-16(20-15)12-4-5-12/h6-8,10,12-13H,2-5,9,11H2,1H3,(H,18,24)/t13-/m1/s1. The number of hydrogen-bond acceptors (Lipinski definition) is 5. The van der Waals surface area contributed by atoms with Gasteiger partial charge in [-0.1, -0.05) is 0 Å². The van der Waals surface area contributed by atoms with Crippen LogP contribution in [0.25, 0.3) is 0 Å². The first-order valence-electron chi connectivity index (χ1n) is 8.59. The minimum atomic E-state index is -0.147. The van der Waals surface area contributed by atoms with E-state index >= 15 is 0 Å². The van der Waals surface area contributed by atoms with Gasteiger partial charge in [0.15, 0.2) is 0 Å². The maximum absolute atomic E-state index is 11.7. The van der Waals surface area contributed by atoms with Crippen LogP contribution in [-0.4, -0.2) is 45.8 Å². The van der Waals surface area contributed by atoms with E-state index in [4.69, 9.17) is 4.98 Å². The smallest absolute Gasteiger partial charge is 0.271 e. The van der Waals surface area contributed by atoms with Crippen LogP contribution < -0.4 is 10.2 Å². The van der Waals surface area contributed by atoms with Crippen LogP contribution in [-0.2, 0) is 0 Å². The van der Waals surface area contributed by atoms with Crippen LogP contribution in [0, 0.1) is 0 Å². The van der Waals surface area contributed by atoms with Crippen molar-refractivity contribution in [2.24, 2.45) is 0 Å². The van der Waals surface area contributed by atoms with Crippen LogP contribution in [0.15, 0.2) is 24.5 Å². The molecule has 1 aliphatic heterocycles. The second-order valence-electron chi connectivity index (χ2n) is 6.55. The molecule has 1 atom stereocenters. The lowest BCUT2D eigenvalue weighted by molar-refractivity contribution is 0.0957. The Morgan fingerprint density at radius 3 is 2.96 bits per heavy atom. The number of aromatic nitrogens is 4. The molecule has 0 unspecified atom stereocenters. The fourth-order valence-electron chi connectivity index (χ4n) is 3.25. The molecule has 3 heterocycles. The fraction of sp³-hybridized carbons (Fsp3) is 0.529. The Labute approximate surface area is 141 Å². The van der Waals surface area contributed by atoms with Crippen LogP contribution in [0.3, 0.4) is 0 Å². The zero-order valence-corrected chi connectivity index (χ0v) is 13.9. The van der Waals surface area contributed by atoms with Crippen molar-refractivity contribution in [3.63, 3.8) is 0 Å². The number of rotatable bonds is 4. The van der Waals surface area contributed by atoms with E-state index in [1.807, 2.05) is 23.1 Å². The molecule has 7 heteroatoms. The summed E-state index contributed by atoms with van der Waals surface area (Å²) in [6.07, 6.45) is 8.34. The molecule has 24 heavy (non-hydrogen) atoms. The number of hydrogen-bond donors (Lipinski definition) is 1. The van der Waals surface area contributed by atoms with Gasteiger partial charge in [-0.05, 0) is 37.8 Å². The van der Waals surface area contributed by atoms with Crippen molar-refractivity contribution < 1.29 is 4.79 Å². The predicted octanol–water partition coefficient (Wildman–Crippen LogP) is 1.75. The lowest BCUT2D eigenvalue weighted by atomic mass is 10.1. The van der Waals surface area contributed by atoms with Crippen molar-refractivity contribution in [1.29, 1.82) is 0 Å². The summed E-state index contributed by atoms with van der Waals surface area (Å²) < 4.78 is 1.92. The van der Waals surface area contributed by atoms with Gasteiger partial charge in [-0.3, -0.25) is 9.48 Å². The minimum absolute atomic E-state index is 0.147. The first-order valence-corrected chi connectivity index (χ1v) is 8.59. The Hall–Kier alpha value is -2.44. The van der Waals surface area contributed by atoms with Crippen LogP contribution in [0.2, 0.25) is 0 Å². The molecule has 2 fully saturated rings. The van der Waals surface area contributed by atoms with Crippen molar-refractivity contribution in [3.8, 4) is 0 Å². The topological polar surface area (TPSA) is 75.9 Å². The highest BCUT2D eigenvalue weighted by molar-refractivity contribution is 5.91. The molecule has 1 saturated carbocycles. The molecule has 0 radical (unpaired) electrons. The largest absolute Gasteiger partial charge is 0.354 e. The highest BCUT2D eigenvalue weighted by atomic mass is 16.1. The number of carbonyl (C=O) groups excluding carboxylic acids is 1. The maximum Gasteiger partial charge on any atom is 0.271 e. The quantitative estimate of drug-likeness (QED) is 0.926. The third kappa shape index (κ3) is 2.98. The zero-order chi connectivity index (χ0) is 16.5. The SMILES string of the molecule is CNC(=O)c1ccn([C@@H]2CCCN(c3ccnc(C4CC4)n3)C2)n1. The van der Waals surface area contributed by atoms with Gasteiger partial charge in [0, 0.05) is 38.4 Å². The molecule has 1 amide bonds. The van der Waals surface area contributed by atoms with Gasteiger partial charge in [0.25, 0.3) is 5.91 Å². The van der Waals surface area contributed by atoms with Crippen LogP contribution in [0.1, 0.15) is 54.0 Å². The average Bonchev–Trinajstić information content (AvgIpc) is 3.38. The molecule has 0 spiro atoms. The first kappa shape index (κ1) is 15.1. The molecule has 2 aromatic heterocycles. The molecule has 2 aromatic rings. The van der Waals surface area contributed by atoms with E-state index in [0.29, 0.717) is 11.6 Å². The van der Waals surface area contributed by atoms with Gasteiger partial charge < -0.3 is 10.2 Å². The van der Waals surface area contributed by atoms with E-state index < -0.39 is 0 Å². The van der Waals surface area contributed by atoms with E-state index in [9.17, 15) is 4.79 Å². The van der Waals surface area contributed by atoms with Gasteiger partial charge in [-0.25, -0.2) is 9.97 Å². The van der Waals surface area contributed by atoms with E-state index in [0.717, 1.165) is 37.6 Å². The van der Waals surface area contributed by atoms with E-state index in [1.54, 1.807) is 13.1 Å². The summed E-state index contributed by atoms with van der Waals surface area (Å²) in [5, 5.41) is 7.05.